The summed E-state index contributed by atoms with van der Waals surface area (Å²) < 4.78 is 18.0. The zero-order chi connectivity index (χ0) is 15.0. The van der Waals surface area contributed by atoms with Crippen molar-refractivity contribution in [2.75, 3.05) is 5.73 Å². The van der Waals surface area contributed by atoms with Gasteiger partial charge in [-0.2, -0.15) is 4.98 Å². The average Bonchev–Trinajstić information content (AvgIpc) is 2.94. The topological polar surface area (TPSA) is 77.8 Å². The molecule has 0 saturated carbocycles. The Morgan fingerprint density at radius 1 is 1.10 bits per heavy atom. The van der Waals surface area contributed by atoms with Gasteiger partial charge < -0.3 is 10.3 Å². The Hall–Kier alpha value is -2.18. The van der Waals surface area contributed by atoms with E-state index in [9.17, 15) is 4.39 Å². The summed E-state index contributed by atoms with van der Waals surface area (Å²) in [6.07, 6.45) is 1.06. The second kappa shape index (κ2) is 5.31. The molecule has 0 saturated heterocycles. The molecule has 2 aromatic heterocycles. The van der Waals surface area contributed by atoms with E-state index in [1.54, 1.807) is 12.1 Å². The van der Waals surface area contributed by atoms with Crippen molar-refractivity contribution in [1.29, 1.82) is 0 Å². The molecule has 0 bridgehead atoms. The molecule has 0 unspecified atom stereocenters. The van der Waals surface area contributed by atoms with Crippen LogP contribution in [0.15, 0.2) is 35.0 Å². The number of halogens is 3. The molecule has 21 heavy (non-hydrogen) atoms. The van der Waals surface area contributed by atoms with Gasteiger partial charge in [-0.05, 0) is 24.3 Å². The molecule has 0 amide bonds. The Labute approximate surface area is 128 Å². The standard InChI is InChI=1S/C13H7Cl2FN4O/c14-7-2-3-8(15)11(17)10(7)13-19-12(20-21-13)9-4-1-6(16)5-18-9/h1-5H,17H2. The Bertz CT molecular complexity index is 804. The fourth-order valence-corrected chi connectivity index (χ4v) is 2.13. The number of nitrogens with zero attached hydrogens (tertiary/aromatic N) is 3. The molecule has 0 fully saturated rings. The predicted octanol–water partition coefficient (Wildman–Crippen LogP) is 3.83. The van der Waals surface area contributed by atoms with Crippen molar-refractivity contribution in [2.24, 2.45) is 0 Å². The van der Waals surface area contributed by atoms with Gasteiger partial charge in [0, 0.05) is 0 Å². The first-order chi connectivity index (χ1) is 10.1. The molecule has 1 aromatic carbocycles. The number of pyridine rings is 1. The van der Waals surface area contributed by atoms with E-state index in [0.29, 0.717) is 21.3 Å². The normalized spacial score (nSPS) is 10.8. The quantitative estimate of drug-likeness (QED) is 0.725. The molecule has 0 aliphatic heterocycles. The fraction of sp³-hybridized carbons (Fsp3) is 0. The highest BCUT2D eigenvalue weighted by molar-refractivity contribution is 6.37. The molecule has 3 rings (SSSR count). The van der Waals surface area contributed by atoms with Gasteiger partial charge in [-0.1, -0.05) is 28.4 Å². The second-order valence-corrected chi connectivity index (χ2v) is 4.92. The van der Waals surface area contributed by atoms with Crippen LogP contribution in [0.25, 0.3) is 23.0 Å². The minimum atomic E-state index is -0.454. The number of hydrogen-bond donors (Lipinski definition) is 1. The molecule has 0 aliphatic rings. The monoisotopic (exact) mass is 324 g/mol. The molecule has 5 nitrogen and oxygen atoms in total. The SMILES string of the molecule is Nc1c(Cl)ccc(Cl)c1-c1nc(-c2ccc(F)cn2)no1. The Kier molecular flexibility index (Phi) is 3.48. The number of anilines is 1. The summed E-state index contributed by atoms with van der Waals surface area (Å²) in [6, 6.07) is 5.84. The molecule has 0 radical (unpaired) electrons. The van der Waals surface area contributed by atoms with Crippen LogP contribution < -0.4 is 5.73 Å². The minimum Gasteiger partial charge on any atom is -0.397 e. The van der Waals surface area contributed by atoms with E-state index in [2.05, 4.69) is 15.1 Å². The number of hydrogen-bond acceptors (Lipinski definition) is 5. The van der Waals surface area contributed by atoms with Gasteiger partial charge in [0.25, 0.3) is 5.89 Å². The number of benzene rings is 1. The molecule has 106 valence electrons. The molecule has 0 atom stereocenters. The smallest absolute Gasteiger partial charge is 0.261 e. The molecular formula is C13H7Cl2FN4O. The summed E-state index contributed by atoms with van der Waals surface area (Å²) in [6.45, 7) is 0. The largest absolute Gasteiger partial charge is 0.397 e. The van der Waals surface area contributed by atoms with Crippen LogP contribution in [-0.4, -0.2) is 15.1 Å². The van der Waals surface area contributed by atoms with Gasteiger partial charge in [-0.3, -0.25) is 0 Å². The third kappa shape index (κ3) is 2.55. The lowest BCUT2D eigenvalue weighted by Crippen LogP contribution is -1.93. The Morgan fingerprint density at radius 3 is 2.57 bits per heavy atom. The summed E-state index contributed by atoms with van der Waals surface area (Å²) in [5.74, 6) is -0.147. The van der Waals surface area contributed by atoms with Crippen molar-refractivity contribution >= 4 is 28.9 Å². The molecule has 2 heterocycles. The van der Waals surface area contributed by atoms with Crippen molar-refractivity contribution in [2.45, 2.75) is 0 Å². The number of nitrogens with two attached hydrogens (primary N) is 1. The Morgan fingerprint density at radius 2 is 1.86 bits per heavy atom. The molecule has 0 spiro atoms. The van der Waals surface area contributed by atoms with E-state index in [0.717, 1.165) is 6.20 Å². The van der Waals surface area contributed by atoms with Crippen molar-refractivity contribution in [1.82, 2.24) is 15.1 Å². The lowest BCUT2D eigenvalue weighted by Gasteiger charge is -2.04. The lowest BCUT2D eigenvalue weighted by molar-refractivity contribution is 0.432. The maximum absolute atomic E-state index is 12.8. The third-order valence-corrected chi connectivity index (χ3v) is 3.38. The Balaban J connectivity index is 2.07. The van der Waals surface area contributed by atoms with E-state index >= 15 is 0 Å². The average molecular weight is 325 g/mol. The number of aromatic nitrogens is 3. The highest BCUT2D eigenvalue weighted by atomic mass is 35.5. The van der Waals surface area contributed by atoms with E-state index in [1.807, 2.05) is 0 Å². The van der Waals surface area contributed by atoms with Crippen LogP contribution in [0.2, 0.25) is 10.0 Å². The van der Waals surface area contributed by atoms with Gasteiger partial charge in [0.1, 0.15) is 11.5 Å². The number of rotatable bonds is 2. The highest BCUT2D eigenvalue weighted by Crippen LogP contribution is 2.37. The second-order valence-electron chi connectivity index (χ2n) is 4.10. The van der Waals surface area contributed by atoms with Gasteiger partial charge in [-0.15, -0.1) is 0 Å². The van der Waals surface area contributed by atoms with Crippen LogP contribution in [0.3, 0.4) is 0 Å². The van der Waals surface area contributed by atoms with Crippen LogP contribution in [-0.2, 0) is 0 Å². The van der Waals surface area contributed by atoms with Gasteiger partial charge in [-0.25, -0.2) is 9.37 Å². The van der Waals surface area contributed by atoms with Crippen LogP contribution in [0.4, 0.5) is 10.1 Å². The molecule has 3 aromatic rings. The van der Waals surface area contributed by atoms with Crippen LogP contribution in [0, 0.1) is 5.82 Å². The first-order valence-electron chi connectivity index (χ1n) is 5.75. The molecule has 8 heteroatoms. The van der Waals surface area contributed by atoms with Crippen molar-refractivity contribution in [3.8, 4) is 23.0 Å². The van der Waals surface area contributed by atoms with Gasteiger partial charge in [0.2, 0.25) is 5.82 Å². The summed E-state index contributed by atoms with van der Waals surface area (Å²) in [5, 5.41) is 4.44. The zero-order valence-electron chi connectivity index (χ0n) is 10.3. The molecule has 2 N–H and O–H groups in total. The van der Waals surface area contributed by atoms with E-state index in [4.69, 9.17) is 33.5 Å². The third-order valence-electron chi connectivity index (χ3n) is 2.74. The predicted molar refractivity (Wildman–Crippen MR) is 77.4 cm³/mol. The van der Waals surface area contributed by atoms with E-state index in [1.165, 1.54) is 12.1 Å². The van der Waals surface area contributed by atoms with Crippen molar-refractivity contribution in [3.63, 3.8) is 0 Å². The van der Waals surface area contributed by atoms with Gasteiger partial charge >= 0.3 is 0 Å². The van der Waals surface area contributed by atoms with Gasteiger partial charge in [0.15, 0.2) is 0 Å². The maximum atomic E-state index is 12.8. The molecule has 0 aliphatic carbocycles. The molecular weight excluding hydrogens is 318 g/mol. The van der Waals surface area contributed by atoms with Crippen LogP contribution in [0.1, 0.15) is 0 Å². The summed E-state index contributed by atoms with van der Waals surface area (Å²) in [5.41, 5.74) is 6.83. The first kappa shape index (κ1) is 13.8. The van der Waals surface area contributed by atoms with Crippen LogP contribution >= 0.6 is 23.2 Å². The van der Waals surface area contributed by atoms with E-state index < -0.39 is 5.82 Å². The van der Waals surface area contributed by atoms with Crippen molar-refractivity contribution in [3.05, 3.63) is 46.3 Å². The maximum Gasteiger partial charge on any atom is 0.261 e. The summed E-state index contributed by atoms with van der Waals surface area (Å²) in [4.78, 5) is 8.03. The van der Waals surface area contributed by atoms with Crippen LogP contribution in [0.5, 0.6) is 0 Å². The van der Waals surface area contributed by atoms with Crippen molar-refractivity contribution < 1.29 is 8.91 Å². The van der Waals surface area contributed by atoms with Gasteiger partial charge in [0.05, 0.1) is 27.5 Å². The minimum absolute atomic E-state index is 0.112. The summed E-state index contributed by atoms with van der Waals surface area (Å²) >= 11 is 12.0. The highest BCUT2D eigenvalue weighted by Gasteiger charge is 2.18. The first-order valence-corrected chi connectivity index (χ1v) is 6.51. The lowest BCUT2D eigenvalue weighted by atomic mass is 10.2. The summed E-state index contributed by atoms with van der Waals surface area (Å²) in [7, 11) is 0. The zero-order valence-corrected chi connectivity index (χ0v) is 11.9. The number of nitrogen functional groups attached to an aromatic ring is 1. The van der Waals surface area contributed by atoms with E-state index in [-0.39, 0.29) is 17.4 Å². The fourth-order valence-electron chi connectivity index (χ4n) is 1.72.